The Labute approximate surface area is 183 Å². The fourth-order valence-corrected chi connectivity index (χ4v) is 3.63. The Morgan fingerprint density at radius 2 is 1.94 bits per heavy atom. The summed E-state index contributed by atoms with van der Waals surface area (Å²) in [5.74, 6) is 0.204. The van der Waals surface area contributed by atoms with Gasteiger partial charge in [-0.15, -0.1) is 0 Å². The summed E-state index contributed by atoms with van der Waals surface area (Å²) in [5, 5.41) is 2.78. The topological polar surface area (TPSA) is 104 Å². The van der Waals surface area contributed by atoms with E-state index in [0.717, 1.165) is 23.0 Å². The molecule has 1 N–H and O–H groups in total. The number of rotatable bonds is 8. The summed E-state index contributed by atoms with van der Waals surface area (Å²) in [7, 11) is 0. The Morgan fingerprint density at radius 3 is 2.66 bits per heavy atom. The Balaban J connectivity index is 1.76. The number of fused-ring (bicyclic) bond motifs is 1. The maximum Gasteiger partial charge on any atom is 0.333 e. The summed E-state index contributed by atoms with van der Waals surface area (Å²) < 4.78 is 9.49. The van der Waals surface area contributed by atoms with Crippen LogP contribution in [0.1, 0.15) is 31.1 Å². The fraction of sp³-hybridized carbons (Fsp3) is 0.304. The number of nitrogens with zero attached hydrogens (tertiary/aromatic N) is 4. The molecule has 1 amide bonds. The number of anilines is 1. The van der Waals surface area contributed by atoms with E-state index in [1.165, 1.54) is 10.9 Å². The number of hydrogen-bond donors (Lipinski definition) is 1. The van der Waals surface area contributed by atoms with Crippen molar-refractivity contribution in [1.82, 2.24) is 18.7 Å². The molecule has 0 saturated heterocycles. The number of imidazole rings is 1. The zero-order valence-corrected chi connectivity index (χ0v) is 18.1. The van der Waals surface area contributed by atoms with Gasteiger partial charge in [-0.25, -0.2) is 14.3 Å². The van der Waals surface area contributed by atoms with Crippen molar-refractivity contribution >= 4 is 22.8 Å². The second-order valence-electron chi connectivity index (χ2n) is 7.67. The van der Waals surface area contributed by atoms with E-state index < -0.39 is 17.2 Å². The molecule has 9 nitrogen and oxygen atoms in total. The molecule has 0 atom stereocenters. The molecule has 0 bridgehead atoms. The SMILES string of the molecule is CCCCn1c(=O)n(CC(=O)Nc2ccccc2C)c(=O)c2c1ncn2Cc1ccco1. The highest BCUT2D eigenvalue weighted by atomic mass is 16.3. The number of hydrogen-bond acceptors (Lipinski definition) is 5. The first-order valence-electron chi connectivity index (χ1n) is 10.6. The van der Waals surface area contributed by atoms with Gasteiger partial charge in [0.05, 0.1) is 19.1 Å². The predicted molar refractivity (Wildman–Crippen MR) is 121 cm³/mol. The van der Waals surface area contributed by atoms with Gasteiger partial charge < -0.3 is 14.3 Å². The molecule has 0 unspecified atom stereocenters. The lowest BCUT2D eigenvalue weighted by molar-refractivity contribution is -0.116. The number of amides is 1. The first-order chi connectivity index (χ1) is 15.5. The standard InChI is InChI=1S/C23H25N5O4/c1-3-4-11-27-21-20(26(15-24-21)13-17-9-7-12-32-17)22(30)28(23(27)31)14-19(29)25-18-10-6-5-8-16(18)2/h5-10,12,15H,3-4,11,13-14H2,1-2H3,(H,25,29). The normalized spacial score (nSPS) is 11.2. The largest absolute Gasteiger partial charge is 0.467 e. The Hall–Kier alpha value is -3.88. The molecule has 3 aromatic heterocycles. The van der Waals surface area contributed by atoms with Gasteiger partial charge in [-0.05, 0) is 37.1 Å². The van der Waals surface area contributed by atoms with E-state index in [9.17, 15) is 14.4 Å². The molecule has 1 aromatic carbocycles. The summed E-state index contributed by atoms with van der Waals surface area (Å²) in [6.07, 6.45) is 4.69. The molecule has 0 fully saturated rings. The zero-order valence-electron chi connectivity index (χ0n) is 18.1. The monoisotopic (exact) mass is 435 g/mol. The summed E-state index contributed by atoms with van der Waals surface area (Å²) >= 11 is 0. The molecular formula is C23H25N5O4. The number of unbranched alkanes of at least 4 members (excludes halogenated alkanes) is 1. The van der Waals surface area contributed by atoms with Crippen LogP contribution in [-0.2, 0) is 24.4 Å². The number of carbonyl (C=O) groups excluding carboxylic acids is 1. The van der Waals surface area contributed by atoms with Gasteiger partial charge in [0.15, 0.2) is 11.2 Å². The van der Waals surface area contributed by atoms with Crippen LogP contribution in [-0.4, -0.2) is 24.6 Å². The lowest BCUT2D eigenvalue weighted by atomic mass is 10.2. The maximum atomic E-state index is 13.3. The van der Waals surface area contributed by atoms with E-state index in [2.05, 4.69) is 10.3 Å². The van der Waals surface area contributed by atoms with E-state index in [1.807, 2.05) is 32.0 Å². The minimum absolute atomic E-state index is 0.265. The van der Waals surface area contributed by atoms with E-state index in [1.54, 1.807) is 29.0 Å². The van der Waals surface area contributed by atoms with Crippen LogP contribution >= 0.6 is 0 Å². The van der Waals surface area contributed by atoms with E-state index in [-0.39, 0.29) is 12.1 Å². The first-order valence-corrected chi connectivity index (χ1v) is 10.6. The smallest absolute Gasteiger partial charge is 0.333 e. The van der Waals surface area contributed by atoms with Crippen molar-refractivity contribution in [2.45, 2.75) is 46.3 Å². The van der Waals surface area contributed by atoms with Crippen molar-refractivity contribution < 1.29 is 9.21 Å². The Kier molecular flexibility index (Phi) is 6.07. The van der Waals surface area contributed by atoms with Crippen LogP contribution in [0.4, 0.5) is 5.69 Å². The molecule has 3 heterocycles. The number of aromatic nitrogens is 4. The highest BCUT2D eigenvalue weighted by molar-refractivity contribution is 5.91. The second-order valence-corrected chi connectivity index (χ2v) is 7.67. The quantitative estimate of drug-likeness (QED) is 0.458. The molecule has 0 saturated carbocycles. The number of aryl methyl sites for hydroxylation is 2. The summed E-state index contributed by atoms with van der Waals surface area (Å²) in [6.45, 7) is 4.20. The van der Waals surface area contributed by atoms with Crippen LogP contribution in [0.5, 0.6) is 0 Å². The van der Waals surface area contributed by atoms with Crippen molar-refractivity contribution in [1.29, 1.82) is 0 Å². The van der Waals surface area contributed by atoms with Crippen molar-refractivity contribution in [2.24, 2.45) is 0 Å². The number of benzene rings is 1. The summed E-state index contributed by atoms with van der Waals surface area (Å²) in [6, 6.07) is 10.9. The van der Waals surface area contributed by atoms with Gasteiger partial charge in [0.25, 0.3) is 5.56 Å². The number of carbonyl (C=O) groups is 1. The number of para-hydroxylation sites is 1. The van der Waals surface area contributed by atoms with Crippen molar-refractivity contribution in [3.05, 3.63) is 81.2 Å². The highest BCUT2D eigenvalue weighted by Crippen LogP contribution is 2.14. The number of furan rings is 1. The van der Waals surface area contributed by atoms with E-state index in [4.69, 9.17) is 4.42 Å². The number of nitrogens with one attached hydrogen (secondary N) is 1. The molecule has 0 radical (unpaired) electrons. The molecule has 0 aliphatic heterocycles. The minimum Gasteiger partial charge on any atom is -0.467 e. The van der Waals surface area contributed by atoms with Crippen LogP contribution in [0, 0.1) is 6.92 Å². The van der Waals surface area contributed by atoms with Crippen LogP contribution in [0.2, 0.25) is 0 Å². The molecule has 4 rings (SSSR count). The van der Waals surface area contributed by atoms with Gasteiger partial charge in [0.1, 0.15) is 12.3 Å². The van der Waals surface area contributed by atoms with Crippen molar-refractivity contribution in [2.75, 3.05) is 5.32 Å². The van der Waals surface area contributed by atoms with Crippen LogP contribution in [0.15, 0.2) is 63.0 Å². The van der Waals surface area contributed by atoms with Gasteiger partial charge in [0.2, 0.25) is 5.91 Å². The minimum atomic E-state index is -0.554. The predicted octanol–water partition coefficient (Wildman–Crippen LogP) is 2.75. The fourth-order valence-electron chi connectivity index (χ4n) is 3.63. The zero-order chi connectivity index (χ0) is 22.7. The Bertz CT molecular complexity index is 1360. The summed E-state index contributed by atoms with van der Waals surface area (Å²) in [4.78, 5) is 43.6. The molecule has 0 aliphatic carbocycles. The average Bonchev–Trinajstić information content (AvgIpc) is 3.43. The van der Waals surface area contributed by atoms with Gasteiger partial charge in [0, 0.05) is 12.2 Å². The van der Waals surface area contributed by atoms with Crippen molar-refractivity contribution in [3.63, 3.8) is 0 Å². The molecule has 0 aliphatic rings. The van der Waals surface area contributed by atoms with Crippen LogP contribution < -0.4 is 16.6 Å². The second kappa shape index (κ2) is 9.09. The molecule has 166 valence electrons. The molecular weight excluding hydrogens is 410 g/mol. The van der Waals surface area contributed by atoms with E-state index >= 15 is 0 Å². The van der Waals surface area contributed by atoms with Crippen molar-refractivity contribution in [3.8, 4) is 0 Å². The summed E-state index contributed by atoms with van der Waals surface area (Å²) in [5.41, 5.74) is 1.01. The van der Waals surface area contributed by atoms with Crippen LogP contribution in [0.3, 0.4) is 0 Å². The third kappa shape index (κ3) is 4.14. The maximum absolute atomic E-state index is 13.3. The molecule has 32 heavy (non-hydrogen) atoms. The first kappa shape index (κ1) is 21.4. The van der Waals surface area contributed by atoms with E-state index in [0.29, 0.717) is 30.2 Å². The van der Waals surface area contributed by atoms with Gasteiger partial charge in [-0.3, -0.25) is 14.2 Å². The molecule has 9 heteroatoms. The highest BCUT2D eigenvalue weighted by Gasteiger charge is 2.20. The van der Waals surface area contributed by atoms with Gasteiger partial charge in [-0.1, -0.05) is 31.5 Å². The van der Waals surface area contributed by atoms with Gasteiger partial charge in [-0.2, -0.15) is 0 Å². The molecule has 0 spiro atoms. The third-order valence-corrected chi connectivity index (χ3v) is 5.35. The lowest BCUT2D eigenvalue weighted by Gasteiger charge is -2.13. The Morgan fingerprint density at radius 1 is 1.12 bits per heavy atom. The lowest BCUT2D eigenvalue weighted by Crippen LogP contribution is -2.43. The van der Waals surface area contributed by atoms with Gasteiger partial charge >= 0.3 is 5.69 Å². The molecule has 4 aromatic rings. The van der Waals surface area contributed by atoms with Crippen LogP contribution in [0.25, 0.3) is 11.2 Å². The third-order valence-electron chi connectivity index (χ3n) is 5.35. The average molecular weight is 435 g/mol.